The van der Waals surface area contributed by atoms with E-state index in [0.717, 1.165) is 11.6 Å². The van der Waals surface area contributed by atoms with Crippen LogP contribution in [0.5, 0.6) is 5.75 Å². The Balaban J connectivity index is 2.04. The fourth-order valence-corrected chi connectivity index (χ4v) is 2.73. The lowest BCUT2D eigenvalue weighted by atomic mass is 10.1. The highest BCUT2D eigenvalue weighted by Gasteiger charge is 2.16. The first-order chi connectivity index (χ1) is 13.0. The largest absolute Gasteiger partial charge is 0.483 e. The summed E-state index contributed by atoms with van der Waals surface area (Å²) in [6, 6.07) is 7.18. The highest BCUT2D eigenvalue weighted by atomic mass is 32.1. The first-order valence-electron chi connectivity index (χ1n) is 7.99. The van der Waals surface area contributed by atoms with Gasteiger partial charge in [-0.3, -0.25) is 0 Å². The lowest BCUT2D eigenvalue weighted by Crippen LogP contribution is -2.21. The highest BCUT2D eigenvalue weighted by molar-refractivity contribution is 7.47. The third-order valence-electron chi connectivity index (χ3n) is 3.86. The van der Waals surface area contributed by atoms with Crippen molar-refractivity contribution in [2.45, 2.75) is 13.0 Å². The molecule has 0 saturated carbocycles. The summed E-state index contributed by atoms with van der Waals surface area (Å²) in [5, 5.41) is 3.74. The lowest BCUT2D eigenvalue weighted by molar-refractivity contribution is 0.134. The van der Waals surface area contributed by atoms with Crippen LogP contribution in [-0.2, 0) is 12.4 Å². The fraction of sp³-hybridized carbons (Fsp3) is 0.222. The molecule has 3 aromatic rings. The Kier molecular flexibility index (Phi) is 5.80. The summed E-state index contributed by atoms with van der Waals surface area (Å²) >= 11 is 4.72. The van der Waals surface area contributed by atoms with Crippen LogP contribution in [0.3, 0.4) is 0 Å². The summed E-state index contributed by atoms with van der Waals surface area (Å²) < 4.78 is 48.2. The van der Waals surface area contributed by atoms with Gasteiger partial charge in [-0.25, -0.2) is 23.1 Å². The van der Waals surface area contributed by atoms with Gasteiger partial charge in [0.05, 0.1) is 16.9 Å². The average Bonchev–Trinajstić information content (AvgIpc) is 2.67. The van der Waals surface area contributed by atoms with E-state index in [-0.39, 0.29) is 5.75 Å². The number of fused-ring (bicyclic) bond motifs is 1. The second-order valence-corrected chi connectivity index (χ2v) is 5.97. The average molecular weight is 392 g/mol. The lowest BCUT2D eigenvalue weighted by Gasteiger charge is -2.18. The molecule has 0 aliphatic heterocycles. The zero-order valence-corrected chi connectivity index (χ0v) is 15.1. The van der Waals surface area contributed by atoms with Crippen molar-refractivity contribution in [3.05, 3.63) is 48.0 Å². The van der Waals surface area contributed by atoms with Crippen molar-refractivity contribution in [2.24, 2.45) is 4.36 Å². The predicted octanol–water partition coefficient (Wildman–Crippen LogP) is 4.87. The van der Waals surface area contributed by atoms with Crippen molar-refractivity contribution >= 4 is 40.5 Å². The Morgan fingerprint density at radius 3 is 2.67 bits per heavy atom. The molecule has 9 heteroatoms. The molecule has 0 radical (unpaired) electrons. The predicted molar refractivity (Wildman–Crippen MR) is 99.8 cm³/mol. The molecule has 3 rings (SSSR count). The van der Waals surface area contributed by atoms with Crippen LogP contribution in [0.25, 0.3) is 10.9 Å². The standard InChI is InChI=1S/C18H15F3N4OS/c1-10-4-12(25-27)6-15-17(10)18(23-9-22-15)24-14-3-2-11(21)5-16(14)26-13(7-19)8-20/h2-6,9,13H,7-8H2,1H3,(H,22,23,24). The van der Waals surface area contributed by atoms with Gasteiger partial charge in [0.25, 0.3) is 0 Å². The first-order valence-corrected chi connectivity index (χ1v) is 8.36. The number of hydrogen-bond acceptors (Lipinski definition) is 6. The molecule has 0 amide bonds. The Labute approximate surface area is 158 Å². The van der Waals surface area contributed by atoms with Gasteiger partial charge in [-0.1, -0.05) is 0 Å². The van der Waals surface area contributed by atoms with Crippen molar-refractivity contribution in [1.29, 1.82) is 0 Å². The minimum Gasteiger partial charge on any atom is -0.483 e. The maximum atomic E-state index is 13.6. The molecular weight excluding hydrogens is 377 g/mol. The van der Waals surface area contributed by atoms with Crippen molar-refractivity contribution in [3.8, 4) is 5.75 Å². The molecule has 1 aromatic heterocycles. The number of hydrogen-bond donors (Lipinski definition) is 1. The maximum Gasteiger partial charge on any atom is 0.155 e. The molecule has 1 N–H and O–H groups in total. The van der Waals surface area contributed by atoms with E-state index in [4.69, 9.17) is 17.2 Å². The summed E-state index contributed by atoms with van der Waals surface area (Å²) in [5.41, 5.74) is 2.36. The molecule has 2 aromatic carbocycles. The van der Waals surface area contributed by atoms with E-state index >= 15 is 0 Å². The summed E-state index contributed by atoms with van der Waals surface area (Å²) in [5.74, 6) is -0.175. The summed E-state index contributed by atoms with van der Waals surface area (Å²) in [4.78, 5) is 8.44. The number of alkyl halides is 2. The van der Waals surface area contributed by atoms with E-state index in [1.54, 1.807) is 12.1 Å². The van der Waals surface area contributed by atoms with Crippen molar-refractivity contribution < 1.29 is 17.9 Å². The number of nitrogens with zero attached hydrogens (tertiary/aromatic N) is 3. The Bertz CT molecular complexity index is 982. The van der Waals surface area contributed by atoms with E-state index < -0.39 is 25.3 Å². The summed E-state index contributed by atoms with van der Waals surface area (Å²) in [6.07, 6.45) is 0.0419. The molecule has 0 unspecified atom stereocenters. The van der Waals surface area contributed by atoms with Crippen molar-refractivity contribution in [1.82, 2.24) is 9.97 Å². The van der Waals surface area contributed by atoms with Gasteiger partial charge in [0.2, 0.25) is 0 Å². The number of rotatable bonds is 7. The third-order valence-corrected chi connectivity index (χ3v) is 4.07. The topological polar surface area (TPSA) is 59.4 Å². The molecule has 5 nitrogen and oxygen atoms in total. The van der Waals surface area contributed by atoms with Gasteiger partial charge in [-0.05, 0) is 36.8 Å². The zero-order chi connectivity index (χ0) is 19.4. The molecule has 1 heterocycles. The van der Waals surface area contributed by atoms with Gasteiger partial charge in [-0.2, -0.15) is 4.36 Å². The summed E-state index contributed by atoms with van der Waals surface area (Å²) in [7, 11) is 0. The normalized spacial score (nSPS) is 11.0. The molecule has 0 aliphatic carbocycles. The monoisotopic (exact) mass is 392 g/mol. The first kappa shape index (κ1) is 19.0. The molecule has 0 aliphatic rings. The molecule has 0 spiro atoms. The van der Waals surface area contributed by atoms with Crippen LogP contribution in [0.2, 0.25) is 0 Å². The Morgan fingerprint density at radius 2 is 1.96 bits per heavy atom. The number of benzene rings is 2. The second kappa shape index (κ2) is 8.26. The number of aromatic nitrogens is 2. The number of ether oxygens (including phenoxy) is 1. The molecule has 140 valence electrons. The zero-order valence-electron chi connectivity index (χ0n) is 14.2. The van der Waals surface area contributed by atoms with Gasteiger partial charge in [0.1, 0.15) is 37.1 Å². The second-order valence-electron chi connectivity index (χ2n) is 5.78. The van der Waals surface area contributed by atoms with Gasteiger partial charge in [0, 0.05) is 23.9 Å². The molecule has 0 bridgehead atoms. The van der Waals surface area contributed by atoms with Crippen LogP contribution in [0.1, 0.15) is 5.56 Å². The SMILES string of the molecule is Cc1cc(N=S)cc2ncnc(Nc3ccc(F)cc3OC(CF)CF)c12. The van der Waals surface area contributed by atoms with Gasteiger partial charge in [-0.15, -0.1) is 0 Å². The minimum atomic E-state index is -1.31. The Morgan fingerprint density at radius 1 is 1.19 bits per heavy atom. The molecule has 0 saturated heterocycles. The van der Waals surface area contributed by atoms with E-state index in [2.05, 4.69) is 19.6 Å². The minimum absolute atomic E-state index is 0.0168. The van der Waals surface area contributed by atoms with Gasteiger partial charge >= 0.3 is 0 Å². The van der Waals surface area contributed by atoms with Crippen LogP contribution in [0.15, 0.2) is 41.0 Å². The van der Waals surface area contributed by atoms with E-state index in [0.29, 0.717) is 28.1 Å². The van der Waals surface area contributed by atoms with Crippen LogP contribution in [-0.4, -0.2) is 29.4 Å². The quantitative estimate of drug-likeness (QED) is 0.622. The molecule has 27 heavy (non-hydrogen) atoms. The van der Waals surface area contributed by atoms with Crippen LogP contribution >= 0.6 is 0 Å². The number of anilines is 2. The molecule has 0 atom stereocenters. The third kappa shape index (κ3) is 4.13. The number of nitrogens with one attached hydrogen (secondary N) is 1. The number of halogens is 3. The molecule has 0 fully saturated rings. The van der Waals surface area contributed by atoms with E-state index in [9.17, 15) is 13.2 Å². The summed E-state index contributed by atoms with van der Waals surface area (Å²) in [6.45, 7) is -0.212. The maximum absolute atomic E-state index is 13.6. The van der Waals surface area contributed by atoms with Crippen LogP contribution < -0.4 is 10.1 Å². The highest BCUT2D eigenvalue weighted by Crippen LogP contribution is 2.33. The van der Waals surface area contributed by atoms with Crippen molar-refractivity contribution in [2.75, 3.05) is 18.7 Å². The van der Waals surface area contributed by atoms with Crippen LogP contribution in [0.4, 0.5) is 30.4 Å². The molecular formula is C18H15F3N4OS. The van der Waals surface area contributed by atoms with Gasteiger partial charge < -0.3 is 10.1 Å². The smallest absolute Gasteiger partial charge is 0.155 e. The Hall–Kier alpha value is -2.81. The number of aryl methyl sites for hydroxylation is 1. The van der Waals surface area contributed by atoms with E-state index in [1.807, 2.05) is 6.92 Å². The van der Waals surface area contributed by atoms with Crippen molar-refractivity contribution in [3.63, 3.8) is 0 Å². The van der Waals surface area contributed by atoms with Crippen LogP contribution in [0, 0.1) is 12.7 Å². The van der Waals surface area contributed by atoms with E-state index in [1.165, 1.54) is 18.5 Å². The fourth-order valence-electron chi connectivity index (χ4n) is 2.63. The van der Waals surface area contributed by atoms with Gasteiger partial charge in [0.15, 0.2) is 6.10 Å².